The number of unbranched alkanes of at least 4 members (excludes halogenated alkanes) is 4. The van der Waals surface area contributed by atoms with E-state index in [1.807, 2.05) is 0 Å². The average molecular weight is 281 g/mol. The summed E-state index contributed by atoms with van der Waals surface area (Å²) >= 11 is 0. The molecule has 1 aliphatic rings. The van der Waals surface area contributed by atoms with Gasteiger partial charge in [-0.3, -0.25) is 0 Å². The van der Waals surface area contributed by atoms with E-state index in [-0.39, 0.29) is 0 Å². The molecular formula is C20H40. The van der Waals surface area contributed by atoms with Crippen LogP contribution in [-0.2, 0) is 0 Å². The Hall–Kier alpha value is 0. The van der Waals surface area contributed by atoms with E-state index in [1.165, 1.54) is 51.4 Å². The second-order valence-electron chi connectivity index (χ2n) is 8.23. The van der Waals surface area contributed by atoms with Crippen LogP contribution in [0.3, 0.4) is 0 Å². The molecule has 1 saturated carbocycles. The van der Waals surface area contributed by atoms with Crippen LogP contribution in [-0.4, -0.2) is 0 Å². The van der Waals surface area contributed by atoms with Crippen LogP contribution in [0.1, 0.15) is 92.9 Å². The summed E-state index contributed by atoms with van der Waals surface area (Å²) in [6.07, 6.45) is 11.7. The molecule has 1 fully saturated rings. The molecule has 120 valence electrons. The third-order valence-corrected chi connectivity index (χ3v) is 5.84. The van der Waals surface area contributed by atoms with Gasteiger partial charge in [0.2, 0.25) is 0 Å². The van der Waals surface area contributed by atoms with Crippen LogP contribution in [0.4, 0.5) is 0 Å². The van der Waals surface area contributed by atoms with Gasteiger partial charge < -0.3 is 0 Å². The smallest absolute Gasteiger partial charge is 0.0352 e. The van der Waals surface area contributed by atoms with Crippen molar-refractivity contribution in [1.82, 2.24) is 0 Å². The molecule has 0 bridgehead atoms. The summed E-state index contributed by atoms with van der Waals surface area (Å²) in [4.78, 5) is 0. The SMILES string of the molecule is CCCCCCCC(CC(C)C(C)C)C1CC1C(C)C. The standard InChI is InChI=1S/C20H40/c1-7-8-9-10-11-12-18(13-17(6)15(2)3)20-14-19(20)16(4)5/h15-20H,7-14H2,1-6H3. The van der Waals surface area contributed by atoms with Crippen molar-refractivity contribution in [3.05, 3.63) is 0 Å². The lowest BCUT2D eigenvalue weighted by atomic mass is 9.81. The van der Waals surface area contributed by atoms with Crippen molar-refractivity contribution in [3.63, 3.8) is 0 Å². The van der Waals surface area contributed by atoms with Gasteiger partial charge in [0.15, 0.2) is 0 Å². The third-order valence-electron chi connectivity index (χ3n) is 5.84. The summed E-state index contributed by atoms with van der Waals surface area (Å²) < 4.78 is 0. The Morgan fingerprint density at radius 3 is 2.00 bits per heavy atom. The molecule has 4 unspecified atom stereocenters. The van der Waals surface area contributed by atoms with Gasteiger partial charge in [0.1, 0.15) is 0 Å². The van der Waals surface area contributed by atoms with E-state index < -0.39 is 0 Å². The van der Waals surface area contributed by atoms with Gasteiger partial charge in [0, 0.05) is 0 Å². The van der Waals surface area contributed by atoms with Crippen LogP contribution in [0, 0.1) is 35.5 Å². The number of hydrogen-bond acceptors (Lipinski definition) is 0. The molecule has 0 N–H and O–H groups in total. The van der Waals surface area contributed by atoms with Crippen LogP contribution < -0.4 is 0 Å². The Balaban J connectivity index is 2.36. The van der Waals surface area contributed by atoms with E-state index in [0.717, 1.165) is 35.5 Å². The number of hydrogen-bond donors (Lipinski definition) is 0. The minimum atomic E-state index is 0.855. The first kappa shape index (κ1) is 18.1. The first-order valence-corrected chi connectivity index (χ1v) is 9.47. The summed E-state index contributed by atoms with van der Waals surface area (Å²) in [5.41, 5.74) is 0. The van der Waals surface area contributed by atoms with E-state index in [0.29, 0.717) is 0 Å². The monoisotopic (exact) mass is 280 g/mol. The maximum absolute atomic E-state index is 2.47. The minimum Gasteiger partial charge on any atom is -0.0654 e. The second kappa shape index (κ2) is 9.11. The molecule has 20 heavy (non-hydrogen) atoms. The first-order chi connectivity index (χ1) is 9.47. The van der Waals surface area contributed by atoms with Gasteiger partial charge in [0.05, 0.1) is 0 Å². The average Bonchev–Trinajstić information content (AvgIpc) is 3.17. The van der Waals surface area contributed by atoms with Gasteiger partial charge in [0.25, 0.3) is 0 Å². The molecular weight excluding hydrogens is 240 g/mol. The van der Waals surface area contributed by atoms with E-state index in [4.69, 9.17) is 0 Å². The van der Waals surface area contributed by atoms with Gasteiger partial charge >= 0.3 is 0 Å². The van der Waals surface area contributed by atoms with E-state index in [1.54, 1.807) is 0 Å². The number of rotatable bonds is 11. The van der Waals surface area contributed by atoms with Crippen molar-refractivity contribution in [1.29, 1.82) is 0 Å². The van der Waals surface area contributed by atoms with Gasteiger partial charge in [-0.1, -0.05) is 80.1 Å². The Kier molecular flexibility index (Phi) is 8.22. The molecule has 0 radical (unpaired) electrons. The Labute approximate surface area is 129 Å². The first-order valence-electron chi connectivity index (χ1n) is 9.47. The highest BCUT2D eigenvalue weighted by Crippen LogP contribution is 2.52. The van der Waals surface area contributed by atoms with Crippen LogP contribution >= 0.6 is 0 Å². The Bertz CT molecular complexity index is 240. The lowest BCUT2D eigenvalue weighted by Crippen LogP contribution is -2.15. The fourth-order valence-corrected chi connectivity index (χ4v) is 3.81. The lowest BCUT2D eigenvalue weighted by molar-refractivity contribution is 0.262. The maximum atomic E-state index is 2.47. The van der Waals surface area contributed by atoms with Crippen molar-refractivity contribution in [2.24, 2.45) is 35.5 Å². The summed E-state index contributed by atoms with van der Waals surface area (Å²) in [6, 6.07) is 0. The lowest BCUT2D eigenvalue weighted by Gasteiger charge is -2.24. The fourth-order valence-electron chi connectivity index (χ4n) is 3.81. The highest BCUT2D eigenvalue weighted by atomic mass is 14.5. The van der Waals surface area contributed by atoms with Crippen molar-refractivity contribution in [3.8, 4) is 0 Å². The molecule has 4 atom stereocenters. The highest BCUT2D eigenvalue weighted by Gasteiger charge is 2.44. The van der Waals surface area contributed by atoms with Crippen molar-refractivity contribution >= 4 is 0 Å². The Morgan fingerprint density at radius 2 is 1.50 bits per heavy atom. The minimum absolute atomic E-state index is 0.855. The Morgan fingerprint density at radius 1 is 0.850 bits per heavy atom. The van der Waals surface area contributed by atoms with Gasteiger partial charge in [-0.15, -0.1) is 0 Å². The quantitative estimate of drug-likeness (QED) is 0.360. The van der Waals surface area contributed by atoms with E-state index in [9.17, 15) is 0 Å². The topological polar surface area (TPSA) is 0 Å². The van der Waals surface area contributed by atoms with Crippen LogP contribution in [0.2, 0.25) is 0 Å². The molecule has 0 aromatic carbocycles. The zero-order valence-corrected chi connectivity index (χ0v) is 15.1. The molecule has 1 aliphatic carbocycles. The van der Waals surface area contributed by atoms with Gasteiger partial charge in [-0.25, -0.2) is 0 Å². The molecule has 0 heterocycles. The predicted octanol–water partition coefficient (Wildman–Crippen LogP) is 6.94. The van der Waals surface area contributed by atoms with Gasteiger partial charge in [-0.05, 0) is 48.3 Å². The molecule has 0 spiro atoms. The van der Waals surface area contributed by atoms with Crippen LogP contribution in [0.5, 0.6) is 0 Å². The fraction of sp³-hybridized carbons (Fsp3) is 1.00. The van der Waals surface area contributed by atoms with Crippen molar-refractivity contribution in [2.45, 2.75) is 92.9 Å². The molecule has 0 nitrogen and oxygen atoms in total. The summed E-state index contributed by atoms with van der Waals surface area (Å²) in [6.45, 7) is 14.4. The van der Waals surface area contributed by atoms with E-state index in [2.05, 4.69) is 41.5 Å². The van der Waals surface area contributed by atoms with E-state index >= 15 is 0 Å². The zero-order valence-electron chi connectivity index (χ0n) is 15.1. The zero-order chi connectivity index (χ0) is 15.1. The highest BCUT2D eigenvalue weighted by molar-refractivity contribution is 4.93. The van der Waals surface area contributed by atoms with Crippen molar-refractivity contribution < 1.29 is 0 Å². The molecule has 0 aromatic rings. The van der Waals surface area contributed by atoms with Crippen LogP contribution in [0.25, 0.3) is 0 Å². The predicted molar refractivity (Wildman–Crippen MR) is 91.9 cm³/mol. The molecule has 0 aliphatic heterocycles. The second-order valence-corrected chi connectivity index (χ2v) is 8.23. The van der Waals surface area contributed by atoms with Gasteiger partial charge in [-0.2, -0.15) is 0 Å². The maximum Gasteiger partial charge on any atom is -0.0352 e. The molecule has 0 aromatic heterocycles. The molecule has 0 amide bonds. The normalized spacial score (nSPS) is 25.2. The molecule has 0 heteroatoms. The largest absolute Gasteiger partial charge is 0.0654 e. The molecule has 0 saturated heterocycles. The third kappa shape index (κ3) is 6.19. The summed E-state index contributed by atoms with van der Waals surface area (Å²) in [5, 5.41) is 0. The van der Waals surface area contributed by atoms with Crippen molar-refractivity contribution in [2.75, 3.05) is 0 Å². The van der Waals surface area contributed by atoms with Crippen LogP contribution in [0.15, 0.2) is 0 Å². The summed E-state index contributed by atoms with van der Waals surface area (Å²) in [5.74, 6) is 5.83. The molecule has 1 rings (SSSR count). The summed E-state index contributed by atoms with van der Waals surface area (Å²) in [7, 11) is 0.